The number of furan rings is 1. The molecule has 0 saturated carbocycles. The van der Waals surface area contributed by atoms with Crippen LogP contribution in [0.4, 0.5) is 0 Å². The van der Waals surface area contributed by atoms with Gasteiger partial charge in [-0.05, 0) is 32.8 Å². The molecule has 0 saturated heterocycles. The van der Waals surface area contributed by atoms with Crippen molar-refractivity contribution in [1.82, 2.24) is 5.32 Å². The van der Waals surface area contributed by atoms with Gasteiger partial charge < -0.3 is 9.73 Å². The molecule has 3 heteroatoms. The Balaban J connectivity index is 2.93. The van der Waals surface area contributed by atoms with Crippen LogP contribution in [0.25, 0.3) is 0 Å². The molecular formula is C14H19NO2. The van der Waals surface area contributed by atoms with Gasteiger partial charge >= 0.3 is 0 Å². The van der Waals surface area contributed by atoms with Gasteiger partial charge in [0.15, 0.2) is 0 Å². The number of nitrogens with one attached hydrogen (secondary N) is 1. The third-order valence-corrected chi connectivity index (χ3v) is 3.12. The van der Waals surface area contributed by atoms with Gasteiger partial charge in [0.05, 0.1) is 5.56 Å². The molecule has 92 valence electrons. The quantitative estimate of drug-likeness (QED) is 0.812. The second kappa shape index (κ2) is 5.09. The number of amides is 1. The Labute approximate surface area is 103 Å². The molecule has 0 fully saturated rings. The summed E-state index contributed by atoms with van der Waals surface area (Å²) in [5.74, 6) is 3.87. The third-order valence-electron chi connectivity index (χ3n) is 3.12. The van der Waals surface area contributed by atoms with Crippen LogP contribution in [0.15, 0.2) is 10.5 Å². The van der Waals surface area contributed by atoms with E-state index in [-0.39, 0.29) is 5.91 Å². The lowest BCUT2D eigenvalue weighted by atomic mass is 9.93. The third kappa shape index (κ3) is 2.71. The van der Waals surface area contributed by atoms with E-state index < -0.39 is 5.54 Å². The number of terminal acetylenes is 1. The molecule has 0 aromatic carbocycles. The Hall–Kier alpha value is -1.69. The number of hydrogen-bond donors (Lipinski definition) is 1. The summed E-state index contributed by atoms with van der Waals surface area (Å²) in [5.41, 5.74) is -0.00153. The molecular weight excluding hydrogens is 214 g/mol. The number of carbonyl (C=O) groups excluding carboxylic acids is 1. The maximum absolute atomic E-state index is 12.1. The van der Waals surface area contributed by atoms with Crippen LogP contribution in [0.1, 0.15) is 48.6 Å². The van der Waals surface area contributed by atoms with Gasteiger partial charge in [-0.3, -0.25) is 4.79 Å². The molecule has 0 aliphatic heterocycles. The van der Waals surface area contributed by atoms with Gasteiger partial charge in [-0.15, -0.1) is 6.42 Å². The first-order valence-electron chi connectivity index (χ1n) is 5.85. The summed E-state index contributed by atoms with van der Waals surface area (Å²) in [4.78, 5) is 12.1. The first kappa shape index (κ1) is 13.4. The molecule has 1 rings (SSSR count). The normalized spacial score (nSPS) is 11.0. The van der Waals surface area contributed by atoms with Crippen molar-refractivity contribution in [2.45, 2.75) is 46.1 Å². The number of hydrogen-bond acceptors (Lipinski definition) is 2. The molecule has 3 nitrogen and oxygen atoms in total. The van der Waals surface area contributed by atoms with Gasteiger partial charge in [-0.2, -0.15) is 0 Å². The van der Waals surface area contributed by atoms with Crippen LogP contribution in [0, 0.1) is 26.2 Å². The lowest BCUT2D eigenvalue weighted by Gasteiger charge is -2.26. The molecule has 0 radical (unpaired) electrons. The number of aryl methyl sites for hydroxylation is 2. The Morgan fingerprint density at radius 3 is 2.41 bits per heavy atom. The fourth-order valence-electron chi connectivity index (χ4n) is 1.81. The van der Waals surface area contributed by atoms with Gasteiger partial charge in [0.1, 0.15) is 17.1 Å². The predicted octanol–water partition coefficient (Wildman–Crippen LogP) is 2.82. The van der Waals surface area contributed by atoms with Crippen molar-refractivity contribution in [3.05, 3.63) is 23.2 Å². The molecule has 0 aliphatic carbocycles. The fraction of sp³-hybridized carbons (Fsp3) is 0.500. The molecule has 1 aromatic rings. The second-order valence-electron chi connectivity index (χ2n) is 4.21. The van der Waals surface area contributed by atoms with Gasteiger partial charge in [-0.25, -0.2) is 0 Å². The highest BCUT2D eigenvalue weighted by molar-refractivity contribution is 5.96. The monoisotopic (exact) mass is 233 g/mol. The number of rotatable bonds is 4. The lowest BCUT2D eigenvalue weighted by Crippen LogP contribution is -2.46. The van der Waals surface area contributed by atoms with Crippen LogP contribution in [0.2, 0.25) is 0 Å². The van der Waals surface area contributed by atoms with Gasteiger partial charge in [0.25, 0.3) is 5.91 Å². The first-order chi connectivity index (χ1) is 7.98. The summed E-state index contributed by atoms with van der Waals surface area (Å²) < 4.78 is 5.34. The molecule has 0 aliphatic rings. The predicted molar refractivity (Wildman–Crippen MR) is 67.8 cm³/mol. The molecule has 1 heterocycles. The molecule has 0 bridgehead atoms. The van der Waals surface area contributed by atoms with Gasteiger partial charge in [0.2, 0.25) is 0 Å². The molecule has 1 aromatic heterocycles. The molecule has 1 N–H and O–H groups in total. The minimum absolute atomic E-state index is 0.166. The average molecular weight is 233 g/mol. The minimum atomic E-state index is -0.561. The van der Waals surface area contributed by atoms with Gasteiger partial charge in [-0.1, -0.05) is 19.8 Å². The summed E-state index contributed by atoms with van der Waals surface area (Å²) >= 11 is 0. The van der Waals surface area contributed by atoms with Crippen LogP contribution in [0.3, 0.4) is 0 Å². The van der Waals surface area contributed by atoms with E-state index in [9.17, 15) is 4.79 Å². The topological polar surface area (TPSA) is 42.2 Å². The van der Waals surface area contributed by atoms with Crippen LogP contribution in [-0.2, 0) is 0 Å². The van der Waals surface area contributed by atoms with E-state index in [1.54, 1.807) is 13.0 Å². The van der Waals surface area contributed by atoms with Crippen LogP contribution >= 0.6 is 0 Å². The van der Waals surface area contributed by atoms with Crippen molar-refractivity contribution in [1.29, 1.82) is 0 Å². The Kier molecular flexibility index (Phi) is 4.01. The average Bonchev–Trinajstić information content (AvgIpc) is 2.65. The van der Waals surface area contributed by atoms with Crippen LogP contribution in [-0.4, -0.2) is 11.4 Å². The van der Waals surface area contributed by atoms with E-state index >= 15 is 0 Å². The fourth-order valence-corrected chi connectivity index (χ4v) is 1.81. The van der Waals surface area contributed by atoms with Crippen molar-refractivity contribution < 1.29 is 9.21 Å². The molecule has 0 atom stereocenters. The summed E-state index contributed by atoms with van der Waals surface area (Å²) in [7, 11) is 0. The van der Waals surface area contributed by atoms with Crippen molar-refractivity contribution in [2.75, 3.05) is 0 Å². The van der Waals surface area contributed by atoms with E-state index in [1.165, 1.54) is 0 Å². The Bertz CT molecular complexity index is 447. The smallest absolute Gasteiger partial charge is 0.256 e. The highest BCUT2D eigenvalue weighted by Crippen LogP contribution is 2.18. The van der Waals surface area contributed by atoms with E-state index in [1.807, 2.05) is 20.8 Å². The van der Waals surface area contributed by atoms with E-state index in [4.69, 9.17) is 10.8 Å². The molecule has 0 spiro atoms. The van der Waals surface area contributed by atoms with E-state index in [0.29, 0.717) is 24.2 Å². The molecule has 1 amide bonds. The first-order valence-corrected chi connectivity index (χ1v) is 5.85. The van der Waals surface area contributed by atoms with E-state index in [0.717, 1.165) is 5.76 Å². The summed E-state index contributed by atoms with van der Waals surface area (Å²) in [6, 6.07) is 1.73. The summed E-state index contributed by atoms with van der Waals surface area (Å²) in [6.07, 6.45) is 6.93. The SMILES string of the molecule is C#CC(CC)(CC)NC(=O)c1cc(C)oc1C. The Morgan fingerprint density at radius 2 is 2.06 bits per heavy atom. The summed E-state index contributed by atoms with van der Waals surface area (Å²) in [6.45, 7) is 7.53. The van der Waals surface area contributed by atoms with E-state index in [2.05, 4.69) is 11.2 Å². The maximum Gasteiger partial charge on any atom is 0.256 e. The van der Waals surface area contributed by atoms with Crippen LogP contribution < -0.4 is 5.32 Å². The van der Waals surface area contributed by atoms with Crippen molar-refractivity contribution in [3.8, 4) is 12.3 Å². The largest absolute Gasteiger partial charge is 0.466 e. The zero-order valence-corrected chi connectivity index (χ0v) is 10.9. The number of carbonyl (C=O) groups is 1. The second-order valence-corrected chi connectivity index (χ2v) is 4.21. The minimum Gasteiger partial charge on any atom is -0.466 e. The zero-order chi connectivity index (χ0) is 13.1. The lowest BCUT2D eigenvalue weighted by molar-refractivity contribution is 0.0915. The molecule has 17 heavy (non-hydrogen) atoms. The van der Waals surface area contributed by atoms with Crippen molar-refractivity contribution in [2.24, 2.45) is 0 Å². The maximum atomic E-state index is 12.1. The van der Waals surface area contributed by atoms with Gasteiger partial charge in [0, 0.05) is 0 Å². The van der Waals surface area contributed by atoms with Crippen LogP contribution in [0.5, 0.6) is 0 Å². The van der Waals surface area contributed by atoms with Crippen molar-refractivity contribution >= 4 is 5.91 Å². The van der Waals surface area contributed by atoms with Crippen molar-refractivity contribution in [3.63, 3.8) is 0 Å². The highest BCUT2D eigenvalue weighted by Gasteiger charge is 2.27. The standard InChI is InChI=1S/C14H19NO2/c1-6-14(7-2,8-3)15-13(16)12-9-10(4)17-11(12)5/h1,9H,7-8H2,2-5H3,(H,15,16). The Morgan fingerprint density at radius 1 is 1.47 bits per heavy atom. The zero-order valence-electron chi connectivity index (χ0n) is 10.9. The highest BCUT2D eigenvalue weighted by atomic mass is 16.3. The summed E-state index contributed by atoms with van der Waals surface area (Å²) in [5, 5.41) is 2.91. The molecule has 0 unspecified atom stereocenters.